The molecule has 8 heteroatoms. The van der Waals surface area contributed by atoms with Crippen molar-refractivity contribution in [1.82, 2.24) is 9.80 Å². The molecule has 5 atom stereocenters. The van der Waals surface area contributed by atoms with E-state index in [9.17, 15) is 20.0 Å². The number of piperidine rings is 1. The summed E-state index contributed by atoms with van der Waals surface area (Å²) in [5.41, 5.74) is 2.54. The first kappa shape index (κ1) is 27.5. The first-order valence-electron chi connectivity index (χ1n) is 15.1. The van der Waals surface area contributed by atoms with Crippen molar-refractivity contribution >= 4 is 5.91 Å². The quantitative estimate of drug-likeness (QED) is 0.277. The molecule has 2 aliphatic carbocycles. The van der Waals surface area contributed by atoms with E-state index in [-0.39, 0.29) is 22.6 Å². The van der Waals surface area contributed by atoms with Gasteiger partial charge in [-0.2, -0.15) is 0 Å². The summed E-state index contributed by atoms with van der Waals surface area (Å²) in [5, 5.41) is 24.4. The van der Waals surface area contributed by atoms with Crippen LogP contribution in [0.4, 0.5) is 0 Å². The highest BCUT2D eigenvalue weighted by atomic mass is 16.6. The molecular weight excluding hydrogens is 542 g/mol. The lowest BCUT2D eigenvalue weighted by Gasteiger charge is -2.61. The van der Waals surface area contributed by atoms with E-state index in [0.29, 0.717) is 38.0 Å². The number of aryl methyl sites for hydroxylation is 1. The molecule has 0 aromatic heterocycles. The Morgan fingerprint density at radius 3 is 2.74 bits per heavy atom. The Morgan fingerprint density at radius 1 is 1.16 bits per heavy atom. The molecule has 7 rings (SSSR count). The fourth-order valence-electron chi connectivity index (χ4n) is 8.65. The number of hydrogen-bond acceptors (Lipinski definition) is 6. The van der Waals surface area contributed by atoms with Crippen LogP contribution in [0.3, 0.4) is 0 Å². The van der Waals surface area contributed by atoms with Gasteiger partial charge in [-0.1, -0.05) is 54.5 Å². The lowest BCUT2D eigenvalue weighted by atomic mass is 9.46. The van der Waals surface area contributed by atoms with Crippen LogP contribution in [0.2, 0.25) is 0 Å². The third-order valence-electron chi connectivity index (χ3n) is 10.5. The summed E-state index contributed by atoms with van der Waals surface area (Å²) in [6, 6.07) is 20.7. The summed E-state index contributed by atoms with van der Waals surface area (Å²) in [6.07, 6.45) is 1.91. The fraction of sp³-hybridized carbons (Fsp3) is 0.400. The number of ether oxygens (including phenoxy) is 1. The monoisotopic (exact) mass is 577 g/mol. The Morgan fingerprint density at radius 2 is 1.98 bits per heavy atom. The molecule has 1 saturated heterocycles. The van der Waals surface area contributed by atoms with E-state index in [1.165, 1.54) is 5.56 Å². The van der Waals surface area contributed by atoms with Gasteiger partial charge >= 0.3 is 0 Å². The first-order chi connectivity index (χ1) is 20.8. The van der Waals surface area contributed by atoms with E-state index < -0.39 is 23.1 Å². The summed E-state index contributed by atoms with van der Waals surface area (Å²) >= 11 is 0. The minimum absolute atomic E-state index is 0.00306. The molecule has 1 N–H and O–H groups in total. The van der Waals surface area contributed by atoms with Crippen molar-refractivity contribution in [2.45, 2.75) is 68.2 Å². The van der Waals surface area contributed by atoms with Gasteiger partial charge in [0, 0.05) is 42.0 Å². The zero-order valence-corrected chi connectivity index (χ0v) is 24.5. The van der Waals surface area contributed by atoms with Crippen LogP contribution in [0, 0.1) is 28.9 Å². The molecule has 0 unspecified atom stereocenters. The number of rotatable bonds is 5. The maximum absolute atomic E-state index is 13.5. The van der Waals surface area contributed by atoms with Crippen molar-refractivity contribution in [2.75, 3.05) is 20.1 Å². The third kappa shape index (κ3) is 3.98. The maximum atomic E-state index is 13.5. The Labute approximate surface area is 251 Å². The van der Waals surface area contributed by atoms with Crippen LogP contribution in [0.15, 0.2) is 66.7 Å². The van der Waals surface area contributed by atoms with Crippen molar-refractivity contribution in [1.29, 1.82) is 0 Å². The van der Waals surface area contributed by atoms with Gasteiger partial charge < -0.3 is 14.7 Å². The van der Waals surface area contributed by atoms with Crippen molar-refractivity contribution in [3.05, 3.63) is 105 Å². The SMILES string of the molecule is Cc1cccc(C#CC(=O)N(C)[C@@H]2CC[C@@]3([N+](=O)[O-])[C@H]4Cc5ccc(O)c6c5[C@@]3(CCN4CCc3ccccc3)[C@H]2O6)c1. The van der Waals surface area contributed by atoms with E-state index in [1.54, 1.807) is 18.0 Å². The number of phenols is 1. The second-order valence-electron chi connectivity index (χ2n) is 12.5. The molecule has 2 fully saturated rings. The normalized spacial score (nSPS) is 28.2. The molecule has 1 spiro atoms. The largest absolute Gasteiger partial charge is 0.504 e. The highest BCUT2D eigenvalue weighted by Gasteiger charge is 2.80. The standard InChI is InChI=1S/C35H35N3O5/c1-23-7-6-10-25(21-23)11-14-30(40)36(2)27-15-17-35(38(41)42)29-22-26-12-13-28(39)32-31(26)34(35,33(27)43-32)18-20-37(29)19-16-24-8-4-3-5-9-24/h3-10,12-13,21,27,29,33,39H,15-20,22H2,1-2H3/t27-,29-,33+,34+,35-/m1/s1. The average Bonchev–Trinajstić information content (AvgIpc) is 3.36. The van der Waals surface area contributed by atoms with Gasteiger partial charge in [0.05, 0.1) is 12.1 Å². The predicted octanol–water partition coefficient (Wildman–Crippen LogP) is 4.26. The van der Waals surface area contributed by atoms with Crippen LogP contribution in [-0.4, -0.2) is 69.6 Å². The molecule has 8 nitrogen and oxygen atoms in total. The maximum Gasteiger partial charge on any atom is 0.298 e. The van der Waals surface area contributed by atoms with E-state index in [4.69, 9.17) is 4.74 Å². The van der Waals surface area contributed by atoms with Crippen LogP contribution in [0.25, 0.3) is 0 Å². The van der Waals surface area contributed by atoms with Crippen LogP contribution < -0.4 is 4.74 Å². The average molecular weight is 578 g/mol. The number of hydrogen-bond donors (Lipinski definition) is 1. The zero-order chi connectivity index (χ0) is 29.9. The molecule has 4 aliphatic rings. The van der Waals surface area contributed by atoms with Gasteiger partial charge in [0.25, 0.3) is 11.4 Å². The summed E-state index contributed by atoms with van der Waals surface area (Å²) < 4.78 is 6.60. The highest BCUT2D eigenvalue weighted by Crippen LogP contribution is 2.66. The fourth-order valence-corrected chi connectivity index (χ4v) is 8.65. The number of aromatic hydroxyl groups is 1. The van der Waals surface area contributed by atoms with Crippen LogP contribution >= 0.6 is 0 Å². The molecule has 43 heavy (non-hydrogen) atoms. The van der Waals surface area contributed by atoms with Gasteiger partial charge in [0.1, 0.15) is 11.5 Å². The zero-order valence-electron chi connectivity index (χ0n) is 24.5. The first-order valence-corrected chi connectivity index (χ1v) is 15.1. The highest BCUT2D eigenvalue weighted by molar-refractivity contribution is 5.94. The predicted molar refractivity (Wildman–Crippen MR) is 162 cm³/mol. The van der Waals surface area contributed by atoms with Gasteiger partial charge in [-0.15, -0.1) is 0 Å². The van der Waals surface area contributed by atoms with E-state index in [2.05, 4.69) is 28.9 Å². The molecule has 220 valence electrons. The smallest absolute Gasteiger partial charge is 0.298 e. The summed E-state index contributed by atoms with van der Waals surface area (Å²) in [6.45, 7) is 3.38. The number of carbonyl (C=O) groups excluding carboxylic acids is 1. The minimum Gasteiger partial charge on any atom is -0.504 e. The third-order valence-corrected chi connectivity index (χ3v) is 10.5. The van der Waals surface area contributed by atoms with Gasteiger partial charge in [-0.3, -0.25) is 19.8 Å². The number of nitrogens with zero attached hydrogens (tertiary/aromatic N) is 3. The van der Waals surface area contributed by atoms with Crippen LogP contribution in [-0.2, 0) is 23.1 Å². The molecule has 2 aliphatic heterocycles. The topological polar surface area (TPSA) is 96.2 Å². The van der Waals surface area contributed by atoms with Crippen molar-refractivity contribution < 1.29 is 19.6 Å². The van der Waals surface area contributed by atoms with E-state index >= 15 is 0 Å². The lowest BCUT2D eigenvalue weighted by molar-refractivity contribution is -0.606. The summed E-state index contributed by atoms with van der Waals surface area (Å²) in [7, 11) is 1.72. The molecular formula is C35H35N3O5. The second-order valence-corrected chi connectivity index (χ2v) is 12.5. The number of likely N-dealkylation sites (tertiary alicyclic amines) is 1. The summed E-state index contributed by atoms with van der Waals surface area (Å²) in [5.74, 6) is 5.77. The number of benzene rings is 3. The Balaban J connectivity index is 1.27. The van der Waals surface area contributed by atoms with E-state index in [1.807, 2.05) is 55.5 Å². The second kappa shape index (κ2) is 10.1. The van der Waals surface area contributed by atoms with Crippen molar-refractivity contribution in [2.24, 2.45) is 0 Å². The Hall–Kier alpha value is -4.35. The molecule has 2 heterocycles. The van der Waals surface area contributed by atoms with E-state index in [0.717, 1.165) is 35.2 Å². The number of nitro groups is 1. The number of likely N-dealkylation sites (N-methyl/N-ethyl adjacent to an activating group) is 1. The van der Waals surface area contributed by atoms with Crippen molar-refractivity contribution in [3.8, 4) is 23.3 Å². The number of carbonyl (C=O) groups is 1. The number of amides is 1. The Bertz CT molecular complexity index is 1680. The molecule has 2 bridgehead atoms. The molecule has 3 aromatic rings. The molecule has 1 saturated carbocycles. The van der Waals surface area contributed by atoms with Crippen molar-refractivity contribution in [3.63, 3.8) is 0 Å². The molecule has 3 aromatic carbocycles. The van der Waals surface area contributed by atoms with Gasteiger partial charge in [0.2, 0.25) is 0 Å². The summed E-state index contributed by atoms with van der Waals surface area (Å²) in [4.78, 5) is 30.8. The molecule has 1 amide bonds. The van der Waals surface area contributed by atoms with Gasteiger partial charge in [-0.05, 0) is 74.0 Å². The minimum atomic E-state index is -1.30. The molecule has 0 radical (unpaired) electrons. The van der Waals surface area contributed by atoms with Crippen LogP contribution in [0.5, 0.6) is 11.5 Å². The van der Waals surface area contributed by atoms with Crippen LogP contribution in [0.1, 0.15) is 47.1 Å². The lowest BCUT2D eigenvalue weighted by Crippen LogP contribution is -2.80. The van der Waals surface area contributed by atoms with Gasteiger partial charge in [-0.25, -0.2) is 0 Å². The Kier molecular flexibility index (Phi) is 6.48. The number of phenolic OH excluding ortho intramolecular Hbond substituents is 1. The van der Waals surface area contributed by atoms with Gasteiger partial charge in [0.15, 0.2) is 11.5 Å².